The number of benzene rings is 3. The number of hydrazine groups is 1. The van der Waals surface area contributed by atoms with E-state index in [0.717, 1.165) is 28.3 Å². The number of nitrogens with two attached hydrogens (primary N) is 1. The van der Waals surface area contributed by atoms with Gasteiger partial charge in [0.25, 0.3) is 11.8 Å². The smallest absolute Gasteiger partial charge is 0.416 e. The number of alkyl halides is 3. The van der Waals surface area contributed by atoms with Crippen molar-refractivity contribution in [3.63, 3.8) is 0 Å². The summed E-state index contributed by atoms with van der Waals surface area (Å²) in [6.07, 6.45) is -4.61. The Hall–Kier alpha value is -4.11. The zero-order valence-corrected chi connectivity index (χ0v) is 19.1. The first kappa shape index (κ1) is 24.0. The van der Waals surface area contributed by atoms with Crippen LogP contribution in [0.4, 0.5) is 24.5 Å². The van der Waals surface area contributed by atoms with E-state index in [1.54, 1.807) is 12.1 Å². The maximum Gasteiger partial charge on any atom is 0.416 e. The van der Waals surface area contributed by atoms with Gasteiger partial charge in [0.15, 0.2) is 0 Å². The fourth-order valence-corrected chi connectivity index (χ4v) is 4.18. The van der Waals surface area contributed by atoms with Gasteiger partial charge in [-0.15, -0.1) is 0 Å². The average Bonchev–Trinajstić information content (AvgIpc) is 3.07. The van der Waals surface area contributed by atoms with Crippen LogP contribution in [0.25, 0.3) is 5.57 Å². The number of carbonyl (C=O) groups is 2. The summed E-state index contributed by atoms with van der Waals surface area (Å²) in [4.78, 5) is 27.8. The van der Waals surface area contributed by atoms with E-state index in [1.807, 2.05) is 19.9 Å². The molecule has 0 unspecified atom stereocenters. The summed E-state index contributed by atoms with van der Waals surface area (Å²) in [6, 6.07) is 13.8. The number of aromatic hydroxyl groups is 1. The van der Waals surface area contributed by atoms with Crippen molar-refractivity contribution in [1.29, 1.82) is 0 Å². The van der Waals surface area contributed by atoms with Crippen LogP contribution in [-0.2, 0) is 11.0 Å². The zero-order valence-electron chi connectivity index (χ0n) is 19.1. The Bertz CT molecular complexity index is 1380. The number of fused-ring (bicyclic) bond motifs is 1. The predicted molar refractivity (Wildman–Crippen MR) is 126 cm³/mol. The highest BCUT2D eigenvalue weighted by molar-refractivity contribution is 6.35. The SMILES string of the molecule is CC(=C1C(=O)N(c2cc(C)cc(C)c2)c2cc(C(F)(F)F)ccc21)N(N)C(=O)c1cccc(O)c1. The number of nitrogens with zero attached hydrogens (tertiary/aromatic N) is 2. The summed E-state index contributed by atoms with van der Waals surface area (Å²) in [5, 5.41) is 10.4. The van der Waals surface area contributed by atoms with Crippen LogP contribution in [0.1, 0.15) is 39.5 Å². The molecule has 0 saturated carbocycles. The van der Waals surface area contributed by atoms with Crippen molar-refractivity contribution in [3.05, 3.63) is 94.2 Å². The molecule has 3 aromatic rings. The molecule has 4 rings (SSSR count). The molecular formula is C26H22F3N3O3. The van der Waals surface area contributed by atoms with Gasteiger partial charge in [0, 0.05) is 22.5 Å². The van der Waals surface area contributed by atoms with Gasteiger partial charge in [-0.2, -0.15) is 13.2 Å². The summed E-state index contributed by atoms with van der Waals surface area (Å²) in [7, 11) is 0. The number of aryl methyl sites for hydroxylation is 2. The fraction of sp³-hybridized carbons (Fsp3) is 0.154. The van der Waals surface area contributed by atoms with E-state index in [1.165, 1.54) is 42.2 Å². The molecule has 3 aromatic carbocycles. The number of hydrogen-bond acceptors (Lipinski definition) is 4. The Kier molecular flexibility index (Phi) is 5.90. The lowest BCUT2D eigenvalue weighted by atomic mass is 10.0. The van der Waals surface area contributed by atoms with Gasteiger partial charge in [-0.05, 0) is 74.4 Å². The lowest BCUT2D eigenvalue weighted by Gasteiger charge is -2.21. The summed E-state index contributed by atoms with van der Waals surface area (Å²) in [5.41, 5.74) is 1.56. The Morgan fingerprint density at radius 2 is 1.66 bits per heavy atom. The number of anilines is 2. The number of amides is 2. The van der Waals surface area contributed by atoms with Gasteiger partial charge in [-0.1, -0.05) is 18.2 Å². The first-order valence-electron chi connectivity index (χ1n) is 10.6. The van der Waals surface area contributed by atoms with Crippen LogP contribution in [0.2, 0.25) is 0 Å². The second-order valence-corrected chi connectivity index (χ2v) is 8.40. The highest BCUT2D eigenvalue weighted by atomic mass is 19.4. The van der Waals surface area contributed by atoms with Crippen molar-refractivity contribution < 1.29 is 27.9 Å². The van der Waals surface area contributed by atoms with Gasteiger partial charge in [-0.3, -0.25) is 14.5 Å². The van der Waals surface area contributed by atoms with E-state index >= 15 is 0 Å². The van der Waals surface area contributed by atoms with Gasteiger partial charge in [0.05, 0.1) is 16.8 Å². The van der Waals surface area contributed by atoms with Crippen LogP contribution in [0, 0.1) is 13.8 Å². The molecule has 3 N–H and O–H groups in total. The second-order valence-electron chi connectivity index (χ2n) is 8.40. The summed E-state index contributed by atoms with van der Waals surface area (Å²) in [6.45, 7) is 5.09. The number of halogens is 3. The highest BCUT2D eigenvalue weighted by Gasteiger charge is 2.39. The van der Waals surface area contributed by atoms with Gasteiger partial charge in [-0.25, -0.2) is 10.9 Å². The zero-order chi connectivity index (χ0) is 25.7. The Morgan fingerprint density at radius 3 is 2.26 bits per heavy atom. The molecule has 1 aliphatic rings. The average molecular weight is 481 g/mol. The van der Waals surface area contributed by atoms with Gasteiger partial charge in [0.1, 0.15) is 5.75 Å². The predicted octanol–water partition coefficient (Wildman–Crippen LogP) is 5.45. The van der Waals surface area contributed by atoms with Crippen LogP contribution in [0.3, 0.4) is 0 Å². The van der Waals surface area contributed by atoms with E-state index < -0.39 is 23.6 Å². The third kappa shape index (κ3) is 4.38. The number of phenolic OH excluding ortho intramolecular Hbond substituents is 1. The molecule has 2 amide bonds. The minimum atomic E-state index is -4.61. The second kappa shape index (κ2) is 8.59. The van der Waals surface area contributed by atoms with E-state index in [2.05, 4.69) is 0 Å². The molecule has 0 fully saturated rings. The third-order valence-corrected chi connectivity index (χ3v) is 5.75. The van der Waals surface area contributed by atoms with Crippen molar-refractivity contribution in [2.24, 2.45) is 5.84 Å². The first-order chi connectivity index (χ1) is 16.4. The largest absolute Gasteiger partial charge is 0.508 e. The van der Waals surface area contributed by atoms with Gasteiger partial charge < -0.3 is 5.11 Å². The number of carbonyl (C=O) groups excluding carboxylic acids is 2. The minimum Gasteiger partial charge on any atom is -0.508 e. The van der Waals surface area contributed by atoms with Crippen LogP contribution >= 0.6 is 0 Å². The Labute approximate surface area is 199 Å². The molecule has 0 spiro atoms. The van der Waals surface area contributed by atoms with Gasteiger partial charge in [0.2, 0.25) is 0 Å². The fourth-order valence-electron chi connectivity index (χ4n) is 4.18. The molecule has 1 heterocycles. The number of hydrogen-bond donors (Lipinski definition) is 2. The van der Waals surface area contributed by atoms with Crippen LogP contribution < -0.4 is 10.7 Å². The molecule has 6 nitrogen and oxygen atoms in total. The molecule has 0 aromatic heterocycles. The van der Waals surface area contributed by atoms with E-state index in [4.69, 9.17) is 5.84 Å². The standard InChI is InChI=1S/C26H22F3N3O3/c1-14-9-15(2)11-19(10-14)31-22-13-18(26(27,28)29)7-8-21(22)23(25(31)35)16(3)32(30)24(34)17-5-4-6-20(33)12-17/h4-13,33H,30H2,1-3H3. The molecule has 0 radical (unpaired) electrons. The number of rotatable bonds is 3. The molecular weight excluding hydrogens is 459 g/mol. The first-order valence-corrected chi connectivity index (χ1v) is 10.6. The van der Waals surface area contributed by atoms with Crippen molar-refractivity contribution in [2.75, 3.05) is 4.90 Å². The molecule has 0 bridgehead atoms. The van der Waals surface area contributed by atoms with E-state index in [9.17, 15) is 27.9 Å². The quantitative estimate of drug-likeness (QED) is 0.225. The van der Waals surface area contributed by atoms with E-state index in [0.29, 0.717) is 5.69 Å². The van der Waals surface area contributed by atoms with Crippen LogP contribution in [-0.4, -0.2) is 21.9 Å². The molecule has 0 atom stereocenters. The molecule has 0 aliphatic carbocycles. The molecule has 9 heteroatoms. The van der Waals surface area contributed by atoms with Crippen molar-refractivity contribution >= 4 is 28.8 Å². The molecule has 1 aliphatic heterocycles. The van der Waals surface area contributed by atoms with Gasteiger partial charge >= 0.3 is 6.18 Å². The van der Waals surface area contributed by atoms with Crippen molar-refractivity contribution in [1.82, 2.24) is 5.01 Å². The summed E-state index contributed by atoms with van der Waals surface area (Å²) in [5.74, 6) is 4.62. The molecule has 35 heavy (non-hydrogen) atoms. The van der Waals surface area contributed by atoms with Crippen molar-refractivity contribution in [3.8, 4) is 5.75 Å². The Balaban J connectivity index is 1.89. The molecule has 0 saturated heterocycles. The monoisotopic (exact) mass is 481 g/mol. The lowest BCUT2D eigenvalue weighted by Crippen LogP contribution is -2.37. The molecule has 180 valence electrons. The normalized spacial score (nSPS) is 14.7. The Morgan fingerprint density at radius 1 is 1.00 bits per heavy atom. The maximum atomic E-state index is 13.7. The van der Waals surface area contributed by atoms with E-state index in [-0.39, 0.29) is 33.8 Å². The highest BCUT2D eigenvalue weighted by Crippen LogP contribution is 2.46. The lowest BCUT2D eigenvalue weighted by molar-refractivity contribution is -0.137. The summed E-state index contributed by atoms with van der Waals surface area (Å²) >= 11 is 0. The van der Waals surface area contributed by atoms with Crippen molar-refractivity contribution in [2.45, 2.75) is 26.9 Å². The maximum absolute atomic E-state index is 13.7. The number of allylic oxidation sites excluding steroid dienone is 1. The topological polar surface area (TPSA) is 86.9 Å². The number of phenols is 1. The summed E-state index contributed by atoms with van der Waals surface area (Å²) < 4.78 is 40.5. The third-order valence-electron chi connectivity index (χ3n) is 5.75. The van der Waals surface area contributed by atoms with Crippen LogP contribution in [0.15, 0.2) is 66.4 Å². The van der Waals surface area contributed by atoms with Crippen LogP contribution in [0.5, 0.6) is 5.75 Å². The minimum absolute atomic E-state index is 0.00360.